The monoisotopic (exact) mass is 313 g/mol. The summed E-state index contributed by atoms with van der Waals surface area (Å²) in [5, 5.41) is 10.3. The van der Waals surface area contributed by atoms with E-state index in [1.54, 1.807) is 23.1 Å². The summed E-state index contributed by atoms with van der Waals surface area (Å²) in [7, 11) is 0. The molecule has 0 aromatic heterocycles. The summed E-state index contributed by atoms with van der Waals surface area (Å²) in [6.07, 6.45) is -0.968. The van der Waals surface area contributed by atoms with E-state index in [2.05, 4.69) is 0 Å². The lowest BCUT2D eigenvalue weighted by Gasteiger charge is -2.16. The molecule has 1 aromatic rings. The largest absolute Gasteiger partial charge is 0.492 e. The van der Waals surface area contributed by atoms with E-state index in [9.17, 15) is 9.90 Å². The van der Waals surface area contributed by atoms with E-state index >= 15 is 0 Å². The molecule has 5 nitrogen and oxygen atoms in total. The van der Waals surface area contributed by atoms with Crippen LogP contribution in [0.2, 0.25) is 5.02 Å². The van der Waals surface area contributed by atoms with Gasteiger partial charge in [-0.25, -0.2) is 0 Å². The van der Waals surface area contributed by atoms with Crippen molar-refractivity contribution in [2.24, 2.45) is 0 Å². The topological polar surface area (TPSA) is 59.0 Å². The molecule has 1 heterocycles. The number of aliphatic hydroxyl groups is 1. The molecule has 1 fully saturated rings. The molecule has 0 spiro atoms. The molecule has 2 atom stereocenters. The van der Waals surface area contributed by atoms with Crippen molar-refractivity contribution in [3.63, 3.8) is 0 Å². The lowest BCUT2D eigenvalue weighted by atomic mass is 10.2. The first-order valence-corrected chi connectivity index (χ1v) is 7.45. The van der Waals surface area contributed by atoms with Crippen LogP contribution in [0.3, 0.4) is 0 Å². The van der Waals surface area contributed by atoms with Crippen molar-refractivity contribution in [1.29, 1.82) is 0 Å². The van der Waals surface area contributed by atoms with Crippen molar-refractivity contribution < 1.29 is 19.4 Å². The lowest BCUT2D eigenvalue weighted by molar-refractivity contribution is -0.00237. The highest BCUT2D eigenvalue weighted by atomic mass is 35.5. The first-order chi connectivity index (χ1) is 10.1. The summed E-state index contributed by atoms with van der Waals surface area (Å²) >= 11 is 6.10. The Hall–Kier alpha value is -1.30. The number of halogens is 1. The van der Waals surface area contributed by atoms with Crippen LogP contribution in [0.15, 0.2) is 18.2 Å². The van der Waals surface area contributed by atoms with Gasteiger partial charge in [-0.2, -0.15) is 0 Å². The van der Waals surface area contributed by atoms with Gasteiger partial charge in [-0.3, -0.25) is 4.79 Å². The molecule has 1 saturated heterocycles. The van der Waals surface area contributed by atoms with Crippen LogP contribution >= 0.6 is 11.6 Å². The van der Waals surface area contributed by atoms with Gasteiger partial charge in [0.05, 0.1) is 17.7 Å². The SMILES string of the molecule is CCOc1ccc(C(=O)N2CC(O)C(OCC)C2)cc1Cl. The lowest BCUT2D eigenvalue weighted by Crippen LogP contribution is -2.30. The zero-order valence-corrected chi connectivity index (χ0v) is 13.0. The summed E-state index contributed by atoms with van der Waals surface area (Å²) in [4.78, 5) is 14.0. The smallest absolute Gasteiger partial charge is 0.254 e. The number of amides is 1. The second-order valence-corrected chi connectivity index (χ2v) is 5.26. The van der Waals surface area contributed by atoms with Crippen LogP contribution in [0.4, 0.5) is 0 Å². The number of carbonyl (C=O) groups excluding carboxylic acids is 1. The van der Waals surface area contributed by atoms with Crippen molar-refractivity contribution >= 4 is 17.5 Å². The fourth-order valence-corrected chi connectivity index (χ4v) is 2.62. The maximum Gasteiger partial charge on any atom is 0.254 e. The van der Waals surface area contributed by atoms with Crippen molar-refractivity contribution in [1.82, 2.24) is 4.90 Å². The molecule has 0 bridgehead atoms. The molecular formula is C15H20ClNO4. The average Bonchev–Trinajstić information content (AvgIpc) is 2.82. The Bertz CT molecular complexity index is 508. The third kappa shape index (κ3) is 3.67. The number of hydrogen-bond donors (Lipinski definition) is 1. The van der Waals surface area contributed by atoms with E-state index in [1.807, 2.05) is 13.8 Å². The van der Waals surface area contributed by atoms with Gasteiger partial charge in [-0.15, -0.1) is 0 Å². The fourth-order valence-electron chi connectivity index (χ4n) is 2.39. The van der Waals surface area contributed by atoms with Gasteiger partial charge in [-0.1, -0.05) is 11.6 Å². The number of ether oxygens (including phenoxy) is 2. The second kappa shape index (κ2) is 7.11. The molecule has 0 radical (unpaired) electrons. The van der Waals surface area contributed by atoms with Crippen LogP contribution < -0.4 is 4.74 Å². The Morgan fingerprint density at radius 2 is 2.14 bits per heavy atom. The number of benzene rings is 1. The molecule has 1 aliphatic rings. The average molecular weight is 314 g/mol. The molecule has 1 aliphatic heterocycles. The number of rotatable bonds is 5. The number of likely N-dealkylation sites (tertiary alicyclic amines) is 1. The summed E-state index contributed by atoms with van der Waals surface area (Å²) in [6, 6.07) is 4.96. The Labute approximate surface area is 129 Å². The highest BCUT2D eigenvalue weighted by Gasteiger charge is 2.34. The van der Waals surface area contributed by atoms with Gasteiger partial charge >= 0.3 is 0 Å². The first-order valence-electron chi connectivity index (χ1n) is 7.08. The van der Waals surface area contributed by atoms with Crippen molar-refractivity contribution in [2.45, 2.75) is 26.1 Å². The van der Waals surface area contributed by atoms with Crippen LogP contribution in [0, 0.1) is 0 Å². The summed E-state index contributed by atoms with van der Waals surface area (Å²) in [5.41, 5.74) is 0.479. The van der Waals surface area contributed by atoms with Gasteiger partial charge in [0.15, 0.2) is 0 Å². The predicted octanol–water partition coefficient (Wildman–Crippen LogP) is 1.96. The highest BCUT2D eigenvalue weighted by molar-refractivity contribution is 6.32. The van der Waals surface area contributed by atoms with Crippen LogP contribution in [-0.2, 0) is 4.74 Å². The Morgan fingerprint density at radius 3 is 2.76 bits per heavy atom. The number of carbonyl (C=O) groups is 1. The van der Waals surface area contributed by atoms with Crippen LogP contribution in [0.5, 0.6) is 5.75 Å². The maximum atomic E-state index is 12.4. The minimum absolute atomic E-state index is 0.166. The molecule has 6 heteroatoms. The van der Waals surface area contributed by atoms with Crippen molar-refractivity contribution in [2.75, 3.05) is 26.3 Å². The fraction of sp³-hybridized carbons (Fsp3) is 0.533. The minimum atomic E-state index is -0.646. The molecule has 21 heavy (non-hydrogen) atoms. The van der Waals surface area contributed by atoms with Crippen LogP contribution in [0.1, 0.15) is 24.2 Å². The molecule has 0 saturated carbocycles. The third-order valence-electron chi connectivity index (χ3n) is 3.38. The van der Waals surface area contributed by atoms with E-state index in [4.69, 9.17) is 21.1 Å². The third-order valence-corrected chi connectivity index (χ3v) is 3.68. The zero-order chi connectivity index (χ0) is 15.4. The van der Waals surface area contributed by atoms with Gasteiger partial charge in [0.25, 0.3) is 5.91 Å². The van der Waals surface area contributed by atoms with E-state index in [1.165, 1.54) is 0 Å². The zero-order valence-electron chi connectivity index (χ0n) is 12.2. The molecular weight excluding hydrogens is 294 g/mol. The van der Waals surface area contributed by atoms with Gasteiger partial charge in [0, 0.05) is 25.3 Å². The predicted molar refractivity (Wildman–Crippen MR) is 79.9 cm³/mol. The molecule has 2 rings (SSSR count). The van der Waals surface area contributed by atoms with E-state index in [-0.39, 0.29) is 18.6 Å². The first kappa shape index (κ1) is 16.1. The van der Waals surface area contributed by atoms with E-state index in [0.29, 0.717) is 36.1 Å². The Balaban J connectivity index is 2.08. The van der Waals surface area contributed by atoms with Gasteiger partial charge in [-0.05, 0) is 32.0 Å². The van der Waals surface area contributed by atoms with Crippen LogP contribution in [-0.4, -0.2) is 54.4 Å². The van der Waals surface area contributed by atoms with Gasteiger partial charge in [0.2, 0.25) is 0 Å². The minimum Gasteiger partial charge on any atom is -0.492 e. The number of hydrogen-bond acceptors (Lipinski definition) is 4. The van der Waals surface area contributed by atoms with E-state index < -0.39 is 6.10 Å². The Kier molecular flexibility index (Phi) is 5.45. The highest BCUT2D eigenvalue weighted by Crippen LogP contribution is 2.26. The van der Waals surface area contributed by atoms with Gasteiger partial charge in [0.1, 0.15) is 11.9 Å². The molecule has 1 aromatic carbocycles. The number of β-amino-alcohol motifs (C(OH)–C–C–N with tert-alkyl or cyclic N) is 1. The maximum absolute atomic E-state index is 12.4. The normalized spacial score (nSPS) is 21.6. The summed E-state index contributed by atoms with van der Waals surface area (Å²) < 4.78 is 10.8. The number of nitrogens with zero attached hydrogens (tertiary/aromatic N) is 1. The van der Waals surface area contributed by atoms with Crippen LogP contribution in [0.25, 0.3) is 0 Å². The molecule has 1 amide bonds. The molecule has 116 valence electrons. The number of aliphatic hydroxyl groups excluding tert-OH is 1. The standard InChI is InChI=1S/C15H20ClNO4/c1-3-20-13-6-5-10(7-11(13)16)15(19)17-8-12(18)14(9-17)21-4-2/h5-7,12,14,18H,3-4,8-9H2,1-2H3. The molecule has 1 N–H and O–H groups in total. The Morgan fingerprint density at radius 1 is 1.38 bits per heavy atom. The van der Waals surface area contributed by atoms with Crippen molar-refractivity contribution in [3.8, 4) is 5.75 Å². The molecule has 0 aliphatic carbocycles. The van der Waals surface area contributed by atoms with Crippen molar-refractivity contribution in [3.05, 3.63) is 28.8 Å². The summed E-state index contributed by atoms with van der Waals surface area (Å²) in [5.74, 6) is 0.394. The van der Waals surface area contributed by atoms with Gasteiger partial charge < -0.3 is 19.5 Å². The second-order valence-electron chi connectivity index (χ2n) is 4.85. The molecule has 2 unspecified atom stereocenters. The quantitative estimate of drug-likeness (QED) is 0.903. The summed E-state index contributed by atoms with van der Waals surface area (Å²) in [6.45, 7) is 5.42. The van der Waals surface area contributed by atoms with E-state index in [0.717, 1.165) is 0 Å².